The number of halogens is 1. The number of likely N-dealkylation sites (tertiary alicyclic amines) is 1. The summed E-state index contributed by atoms with van der Waals surface area (Å²) in [5, 5.41) is 11.9. The third-order valence-electron chi connectivity index (χ3n) is 5.49. The molecule has 29 heavy (non-hydrogen) atoms. The number of carbonyl (C=O) groups is 1. The summed E-state index contributed by atoms with van der Waals surface area (Å²) in [6.07, 6.45) is 6.15. The summed E-state index contributed by atoms with van der Waals surface area (Å²) in [6.45, 7) is 5.67. The zero-order valence-corrected chi connectivity index (χ0v) is 20.8. The number of guanidine groups is 1. The molecule has 0 radical (unpaired) electrons. The molecule has 2 unspecified atom stereocenters. The van der Waals surface area contributed by atoms with Crippen molar-refractivity contribution in [1.82, 2.24) is 20.9 Å². The molecule has 0 bridgehead atoms. The number of hydrogen-bond acceptors (Lipinski definition) is 4. The van der Waals surface area contributed by atoms with E-state index in [4.69, 9.17) is 4.99 Å². The number of nitrogens with one attached hydrogen (secondary N) is 3. The Morgan fingerprint density at radius 3 is 2.83 bits per heavy atom. The van der Waals surface area contributed by atoms with Crippen LogP contribution in [0.15, 0.2) is 22.5 Å². The van der Waals surface area contributed by atoms with Crippen molar-refractivity contribution < 1.29 is 4.79 Å². The standard InChI is InChI=1S/C21H35N5OS.HI/c1-3-22-21(23-12-4-9-19(27)25-17-10-11-17)24-15-16-7-5-13-26(2)20(16)18-8-6-14-28-18;/h6,8,14,16-17,20H,3-5,7,9-13,15H2,1-2H3,(H,25,27)(H2,22,23,24);1H. The Bertz CT molecular complexity index is 635. The molecule has 2 fully saturated rings. The minimum atomic E-state index is 0. The van der Waals surface area contributed by atoms with Crippen LogP contribution in [0.5, 0.6) is 0 Å². The van der Waals surface area contributed by atoms with Crippen LogP contribution in [0.4, 0.5) is 0 Å². The van der Waals surface area contributed by atoms with Gasteiger partial charge in [0.2, 0.25) is 5.91 Å². The predicted molar refractivity (Wildman–Crippen MR) is 132 cm³/mol. The minimum absolute atomic E-state index is 0. The van der Waals surface area contributed by atoms with Gasteiger partial charge in [0.1, 0.15) is 0 Å². The van der Waals surface area contributed by atoms with Crippen LogP contribution >= 0.6 is 35.3 Å². The highest BCUT2D eigenvalue weighted by atomic mass is 127. The van der Waals surface area contributed by atoms with E-state index < -0.39 is 0 Å². The number of carbonyl (C=O) groups excluding carboxylic acids is 1. The lowest BCUT2D eigenvalue weighted by molar-refractivity contribution is -0.121. The predicted octanol–water partition coefficient (Wildman–Crippen LogP) is 3.36. The van der Waals surface area contributed by atoms with Crippen molar-refractivity contribution in [2.24, 2.45) is 10.9 Å². The number of rotatable bonds is 9. The monoisotopic (exact) mass is 533 g/mol. The average Bonchev–Trinajstić information content (AvgIpc) is 3.32. The first-order chi connectivity index (χ1) is 13.7. The maximum Gasteiger partial charge on any atom is 0.220 e. The first-order valence-corrected chi connectivity index (χ1v) is 11.6. The molecule has 1 saturated heterocycles. The molecule has 3 rings (SSSR count). The van der Waals surface area contributed by atoms with Gasteiger partial charge in [0, 0.05) is 43.0 Å². The largest absolute Gasteiger partial charge is 0.357 e. The maximum atomic E-state index is 11.8. The van der Waals surface area contributed by atoms with Gasteiger partial charge >= 0.3 is 0 Å². The summed E-state index contributed by atoms with van der Waals surface area (Å²) in [4.78, 5) is 20.6. The van der Waals surface area contributed by atoms with Crippen molar-refractivity contribution in [1.29, 1.82) is 0 Å². The van der Waals surface area contributed by atoms with Gasteiger partial charge in [-0.25, -0.2) is 0 Å². The van der Waals surface area contributed by atoms with Crippen LogP contribution in [-0.4, -0.2) is 56.0 Å². The molecule has 1 aromatic rings. The van der Waals surface area contributed by atoms with E-state index in [0.29, 0.717) is 24.4 Å². The van der Waals surface area contributed by atoms with Gasteiger partial charge in [-0.3, -0.25) is 14.7 Å². The van der Waals surface area contributed by atoms with E-state index in [0.717, 1.165) is 51.4 Å². The van der Waals surface area contributed by atoms with Crippen molar-refractivity contribution in [3.05, 3.63) is 22.4 Å². The summed E-state index contributed by atoms with van der Waals surface area (Å²) in [5.41, 5.74) is 0. The molecule has 6 nitrogen and oxygen atoms in total. The van der Waals surface area contributed by atoms with Gasteiger partial charge in [-0.15, -0.1) is 35.3 Å². The van der Waals surface area contributed by atoms with E-state index in [1.807, 2.05) is 11.3 Å². The summed E-state index contributed by atoms with van der Waals surface area (Å²) >= 11 is 1.85. The molecule has 164 valence electrons. The van der Waals surface area contributed by atoms with E-state index in [1.54, 1.807) is 0 Å². The molecule has 8 heteroatoms. The first kappa shape index (κ1) is 24.4. The Labute approximate surface area is 196 Å². The van der Waals surface area contributed by atoms with Crippen molar-refractivity contribution >= 4 is 47.2 Å². The fraction of sp³-hybridized carbons (Fsp3) is 0.714. The third-order valence-corrected chi connectivity index (χ3v) is 6.43. The number of thiophene rings is 1. The number of piperidine rings is 1. The number of nitrogens with zero attached hydrogens (tertiary/aromatic N) is 2. The molecule has 1 aliphatic carbocycles. The number of hydrogen-bond donors (Lipinski definition) is 3. The quantitative estimate of drug-likeness (QED) is 0.197. The Kier molecular flexibility index (Phi) is 10.7. The van der Waals surface area contributed by atoms with Crippen LogP contribution in [0.25, 0.3) is 0 Å². The molecule has 0 spiro atoms. The van der Waals surface area contributed by atoms with Crippen molar-refractivity contribution in [3.63, 3.8) is 0 Å². The summed E-state index contributed by atoms with van der Waals surface area (Å²) < 4.78 is 0. The molecule has 1 aromatic heterocycles. The molecular weight excluding hydrogens is 497 g/mol. The molecule has 0 aromatic carbocycles. The van der Waals surface area contributed by atoms with Gasteiger partial charge in [0.05, 0.1) is 0 Å². The highest BCUT2D eigenvalue weighted by molar-refractivity contribution is 14.0. The smallest absolute Gasteiger partial charge is 0.220 e. The second-order valence-corrected chi connectivity index (χ2v) is 8.91. The molecule has 1 amide bonds. The number of aliphatic imine (C=N–C) groups is 1. The van der Waals surface area contributed by atoms with Crippen molar-refractivity contribution in [2.45, 2.75) is 57.5 Å². The number of amides is 1. The molecular formula is C21H36IN5OS. The van der Waals surface area contributed by atoms with Crippen molar-refractivity contribution in [2.75, 3.05) is 33.2 Å². The topological polar surface area (TPSA) is 68.8 Å². The molecule has 1 saturated carbocycles. The maximum absolute atomic E-state index is 11.8. The van der Waals surface area contributed by atoms with Crippen LogP contribution in [0.2, 0.25) is 0 Å². The Hall–Kier alpha value is -0.870. The molecule has 1 aliphatic heterocycles. The van der Waals surface area contributed by atoms with Gasteiger partial charge in [-0.05, 0) is 70.0 Å². The van der Waals surface area contributed by atoms with Crippen LogP contribution in [0, 0.1) is 5.92 Å². The second-order valence-electron chi connectivity index (χ2n) is 7.93. The van der Waals surface area contributed by atoms with E-state index in [1.165, 1.54) is 17.7 Å². The zero-order chi connectivity index (χ0) is 19.8. The third kappa shape index (κ3) is 8.05. The van der Waals surface area contributed by atoms with Crippen LogP contribution < -0.4 is 16.0 Å². The van der Waals surface area contributed by atoms with Gasteiger partial charge in [0.15, 0.2) is 5.96 Å². The van der Waals surface area contributed by atoms with E-state index in [2.05, 4.69) is 52.3 Å². The summed E-state index contributed by atoms with van der Waals surface area (Å²) in [7, 11) is 2.23. The Balaban J connectivity index is 0.00000300. The lowest BCUT2D eigenvalue weighted by atomic mass is 9.88. The van der Waals surface area contributed by atoms with E-state index >= 15 is 0 Å². The van der Waals surface area contributed by atoms with E-state index in [-0.39, 0.29) is 29.9 Å². The summed E-state index contributed by atoms with van der Waals surface area (Å²) in [5.74, 6) is 1.58. The summed E-state index contributed by atoms with van der Waals surface area (Å²) in [6, 6.07) is 5.31. The van der Waals surface area contributed by atoms with Crippen LogP contribution in [0.3, 0.4) is 0 Å². The fourth-order valence-corrected chi connectivity index (χ4v) is 4.88. The van der Waals surface area contributed by atoms with Gasteiger partial charge in [0.25, 0.3) is 0 Å². The minimum Gasteiger partial charge on any atom is -0.357 e. The highest BCUT2D eigenvalue weighted by Crippen LogP contribution is 2.37. The SMILES string of the molecule is CCNC(=NCC1CCCN(C)C1c1cccs1)NCCCC(=O)NC1CC1.I. The zero-order valence-electron chi connectivity index (χ0n) is 17.7. The highest BCUT2D eigenvalue weighted by Gasteiger charge is 2.31. The second kappa shape index (κ2) is 12.7. The molecule has 2 aliphatic rings. The first-order valence-electron chi connectivity index (χ1n) is 10.7. The molecule has 2 heterocycles. The lowest BCUT2D eigenvalue weighted by Crippen LogP contribution is -2.40. The van der Waals surface area contributed by atoms with E-state index in [9.17, 15) is 4.79 Å². The van der Waals surface area contributed by atoms with Gasteiger partial charge in [-0.2, -0.15) is 0 Å². The average molecular weight is 534 g/mol. The van der Waals surface area contributed by atoms with Gasteiger partial charge in [-0.1, -0.05) is 6.07 Å². The molecule has 2 atom stereocenters. The van der Waals surface area contributed by atoms with Crippen molar-refractivity contribution in [3.8, 4) is 0 Å². The lowest BCUT2D eigenvalue weighted by Gasteiger charge is -2.38. The normalized spacial score (nSPS) is 22.6. The van der Waals surface area contributed by atoms with Gasteiger partial charge < -0.3 is 16.0 Å². The Morgan fingerprint density at radius 1 is 1.31 bits per heavy atom. The fourth-order valence-electron chi connectivity index (χ4n) is 3.89. The van der Waals surface area contributed by atoms with Crippen LogP contribution in [-0.2, 0) is 4.79 Å². The van der Waals surface area contributed by atoms with Crippen LogP contribution in [0.1, 0.15) is 56.4 Å². The Morgan fingerprint density at radius 2 is 2.14 bits per heavy atom. The molecule has 3 N–H and O–H groups in total.